The maximum Gasteiger partial charge on any atom is 0.312 e. The van der Waals surface area contributed by atoms with E-state index >= 15 is 0 Å². The van der Waals surface area contributed by atoms with Crippen LogP contribution in [0, 0.1) is 0 Å². The van der Waals surface area contributed by atoms with Crippen molar-refractivity contribution in [2.24, 2.45) is 0 Å². The van der Waals surface area contributed by atoms with E-state index in [9.17, 15) is 4.79 Å². The van der Waals surface area contributed by atoms with Gasteiger partial charge in [0.25, 0.3) is 0 Å². The predicted octanol–water partition coefficient (Wildman–Crippen LogP) is 2.51. The number of rotatable bonds is 4. The summed E-state index contributed by atoms with van der Waals surface area (Å²) >= 11 is 3.52. The van der Waals surface area contributed by atoms with Crippen LogP contribution in [0.25, 0.3) is 0 Å². The van der Waals surface area contributed by atoms with Crippen LogP contribution in [0.5, 0.6) is 0 Å². The number of carboxylic acids is 1. The summed E-state index contributed by atoms with van der Waals surface area (Å²) in [6.07, 6.45) is 1.62. The first-order valence-corrected chi connectivity index (χ1v) is 6.98. The van der Waals surface area contributed by atoms with Crippen molar-refractivity contribution in [2.45, 2.75) is 31.4 Å². The molecule has 1 aromatic heterocycles. The van der Waals surface area contributed by atoms with E-state index in [4.69, 9.17) is 5.11 Å². The van der Waals surface area contributed by atoms with Crippen molar-refractivity contribution in [1.82, 2.24) is 4.98 Å². The summed E-state index contributed by atoms with van der Waals surface area (Å²) in [6.45, 7) is 2.12. The van der Waals surface area contributed by atoms with Crippen LogP contribution in [0.2, 0.25) is 0 Å². The maximum atomic E-state index is 10.9. The highest BCUT2D eigenvalue weighted by Gasteiger charge is 2.32. The molecule has 0 saturated carbocycles. The second-order valence-corrected chi connectivity index (χ2v) is 5.93. The summed E-state index contributed by atoms with van der Waals surface area (Å²) < 4.78 is 0. The average Bonchev–Trinajstić information content (AvgIpc) is 2.72. The third-order valence-electron chi connectivity index (χ3n) is 2.49. The van der Waals surface area contributed by atoms with Crippen molar-refractivity contribution in [3.8, 4) is 0 Å². The molecule has 3 nitrogen and oxygen atoms in total. The molecular formula is C10H13NO2S2. The van der Waals surface area contributed by atoms with Gasteiger partial charge in [0.1, 0.15) is 10.9 Å². The molecule has 0 amide bonds. The first-order chi connectivity index (χ1) is 7.22. The number of hydrogen-bond donors (Lipinski definition) is 1. The standard InChI is InChI=1S/C10H13NO2S2/c1-2-14-5-8-11-9-6(10(12)13)3-4-7(9)15-8/h6H,2-5H2,1H3,(H,12,13). The van der Waals surface area contributed by atoms with Gasteiger partial charge in [0.2, 0.25) is 0 Å². The van der Waals surface area contributed by atoms with Gasteiger partial charge in [0.15, 0.2) is 0 Å². The van der Waals surface area contributed by atoms with Gasteiger partial charge in [-0.05, 0) is 18.6 Å². The molecule has 2 rings (SSSR count). The lowest BCUT2D eigenvalue weighted by atomic mass is 10.1. The van der Waals surface area contributed by atoms with Crippen molar-refractivity contribution in [3.05, 3.63) is 15.6 Å². The smallest absolute Gasteiger partial charge is 0.312 e. The molecule has 0 bridgehead atoms. The quantitative estimate of drug-likeness (QED) is 0.882. The van der Waals surface area contributed by atoms with Crippen LogP contribution in [-0.4, -0.2) is 21.8 Å². The topological polar surface area (TPSA) is 50.2 Å². The number of aryl methyl sites for hydroxylation is 1. The molecule has 1 atom stereocenters. The number of thiazole rings is 1. The van der Waals surface area contributed by atoms with Crippen LogP contribution in [0.1, 0.15) is 34.8 Å². The van der Waals surface area contributed by atoms with Crippen LogP contribution in [-0.2, 0) is 17.0 Å². The van der Waals surface area contributed by atoms with E-state index in [0.717, 1.165) is 35.0 Å². The van der Waals surface area contributed by atoms with Crippen molar-refractivity contribution >= 4 is 29.1 Å². The van der Waals surface area contributed by atoms with E-state index in [-0.39, 0.29) is 5.92 Å². The maximum absolute atomic E-state index is 10.9. The molecule has 1 heterocycles. The summed E-state index contributed by atoms with van der Waals surface area (Å²) in [6, 6.07) is 0. The molecule has 5 heteroatoms. The first kappa shape index (κ1) is 11.0. The zero-order valence-corrected chi connectivity index (χ0v) is 10.2. The fourth-order valence-electron chi connectivity index (χ4n) is 1.77. The Hall–Kier alpha value is -0.550. The fourth-order valence-corrected chi connectivity index (χ4v) is 3.64. The Balaban J connectivity index is 2.15. The van der Waals surface area contributed by atoms with Crippen LogP contribution in [0.15, 0.2) is 0 Å². The molecule has 1 N–H and O–H groups in total. The molecule has 1 aliphatic rings. The Morgan fingerprint density at radius 2 is 2.53 bits per heavy atom. The molecule has 0 saturated heterocycles. The Labute approximate surface area is 96.9 Å². The largest absolute Gasteiger partial charge is 0.481 e. The lowest BCUT2D eigenvalue weighted by Gasteiger charge is -2.01. The second-order valence-electron chi connectivity index (χ2n) is 3.48. The van der Waals surface area contributed by atoms with Gasteiger partial charge in [-0.1, -0.05) is 6.92 Å². The van der Waals surface area contributed by atoms with Crippen molar-refractivity contribution in [2.75, 3.05) is 5.75 Å². The number of aromatic nitrogens is 1. The Morgan fingerprint density at radius 1 is 1.73 bits per heavy atom. The van der Waals surface area contributed by atoms with E-state index in [0.29, 0.717) is 0 Å². The number of carbonyl (C=O) groups is 1. The summed E-state index contributed by atoms with van der Waals surface area (Å²) in [7, 11) is 0. The van der Waals surface area contributed by atoms with Gasteiger partial charge in [0.05, 0.1) is 5.69 Å². The van der Waals surface area contributed by atoms with Crippen LogP contribution < -0.4 is 0 Å². The normalized spacial score (nSPS) is 19.1. The number of carboxylic acid groups (broad SMARTS) is 1. The van der Waals surface area contributed by atoms with Crippen molar-refractivity contribution in [3.63, 3.8) is 0 Å². The third-order valence-corrected chi connectivity index (χ3v) is 4.69. The summed E-state index contributed by atoms with van der Waals surface area (Å²) in [5.41, 5.74) is 0.833. The molecule has 0 fully saturated rings. The summed E-state index contributed by atoms with van der Waals surface area (Å²) in [5, 5.41) is 10.1. The molecule has 0 spiro atoms. The van der Waals surface area contributed by atoms with Crippen LogP contribution in [0.3, 0.4) is 0 Å². The number of thioether (sulfide) groups is 1. The minimum atomic E-state index is -0.728. The second kappa shape index (κ2) is 4.53. The molecule has 82 valence electrons. The zero-order chi connectivity index (χ0) is 10.8. The lowest BCUT2D eigenvalue weighted by molar-refractivity contribution is -0.138. The highest BCUT2D eigenvalue weighted by Crippen LogP contribution is 2.37. The number of aliphatic carboxylic acids is 1. The van der Waals surface area contributed by atoms with Gasteiger partial charge >= 0.3 is 5.97 Å². The highest BCUT2D eigenvalue weighted by molar-refractivity contribution is 7.98. The summed E-state index contributed by atoms with van der Waals surface area (Å²) in [4.78, 5) is 16.6. The molecule has 1 aliphatic carbocycles. The molecule has 1 aromatic rings. The van der Waals surface area contributed by atoms with Crippen molar-refractivity contribution < 1.29 is 9.90 Å². The van der Waals surface area contributed by atoms with Crippen molar-refractivity contribution in [1.29, 1.82) is 0 Å². The molecule has 0 aliphatic heterocycles. The van der Waals surface area contributed by atoms with Crippen LogP contribution in [0.4, 0.5) is 0 Å². The minimum Gasteiger partial charge on any atom is -0.481 e. The minimum absolute atomic E-state index is 0.350. The molecular weight excluding hydrogens is 230 g/mol. The molecule has 0 aromatic carbocycles. The SMILES string of the molecule is CCSCc1nc2c(s1)CCC2C(=O)O. The van der Waals surface area contributed by atoms with E-state index in [2.05, 4.69) is 11.9 Å². The number of fused-ring (bicyclic) bond motifs is 1. The molecule has 15 heavy (non-hydrogen) atoms. The third kappa shape index (κ3) is 2.18. The van der Waals surface area contributed by atoms with E-state index < -0.39 is 5.97 Å². The van der Waals surface area contributed by atoms with E-state index in [1.807, 2.05) is 11.8 Å². The highest BCUT2D eigenvalue weighted by atomic mass is 32.2. The van der Waals surface area contributed by atoms with E-state index in [1.54, 1.807) is 11.3 Å². The monoisotopic (exact) mass is 243 g/mol. The first-order valence-electron chi connectivity index (χ1n) is 5.01. The molecule has 0 radical (unpaired) electrons. The Morgan fingerprint density at radius 3 is 3.20 bits per heavy atom. The average molecular weight is 243 g/mol. The Kier molecular flexibility index (Phi) is 3.31. The zero-order valence-electron chi connectivity index (χ0n) is 8.52. The van der Waals surface area contributed by atoms with Gasteiger partial charge < -0.3 is 5.11 Å². The van der Waals surface area contributed by atoms with Gasteiger partial charge in [-0.15, -0.1) is 11.3 Å². The van der Waals surface area contributed by atoms with Gasteiger partial charge in [-0.3, -0.25) is 4.79 Å². The predicted molar refractivity (Wildman–Crippen MR) is 62.6 cm³/mol. The van der Waals surface area contributed by atoms with Gasteiger partial charge in [-0.2, -0.15) is 11.8 Å². The van der Waals surface area contributed by atoms with Crippen LogP contribution >= 0.6 is 23.1 Å². The fraction of sp³-hybridized carbons (Fsp3) is 0.600. The van der Waals surface area contributed by atoms with E-state index in [1.165, 1.54) is 4.88 Å². The van der Waals surface area contributed by atoms with Gasteiger partial charge in [0, 0.05) is 10.6 Å². The summed E-state index contributed by atoms with van der Waals surface area (Å²) in [5.74, 6) is 0.915. The number of hydrogen-bond acceptors (Lipinski definition) is 4. The number of nitrogens with zero attached hydrogens (tertiary/aromatic N) is 1. The lowest BCUT2D eigenvalue weighted by Crippen LogP contribution is -2.08. The Bertz CT molecular complexity index is 375. The van der Waals surface area contributed by atoms with Gasteiger partial charge in [-0.25, -0.2) is 4.98 Å². The molecule has 1 unspecified atom stereocenters.